The fraction of sp³-hybridized carbons (Fsp3) is 0.458. The number of rotatable bonds is 5. The van der Waals surface area contributed by atoms with E-state index in [2.05, 4.69) is 9.88 Å². The first-order valence-corrected chi connectivity index (χ1v) is 11.4. The lowest BCUT2D eigenvalue weighted by Crippen LogP contribution is -2.41. The fourth-order valence-corrected chi connectivity index (χ4v) is 3.85. The molecule has 3 atom stereocenters. The van der Waals surface area contributed by atoms with Gasteiger partial charge in [-0.3, -0.25) is 9.88 Å². The second kappa shape index (κ2) is 14.2. The zero-order valence-electron chi connectivity index (χ0n) is 20.2. The first-order chi connectivity index (χ1) is 18.2. The Kier molecular flexibility index (Phi) is 11.6. The molecule has 4 rings (SSSR count). The summed E-state index contributed by atoms with van der Waals surface area (Å²) in [5, 5.41) is 14.2. The van der Waals surface area contributed by atoms with E-state index < -0.39 is 24.3 Å². The molecule has 0 spiro atoms. The number of pyridine rings is 1. The van der Waals surface area contributed by atoms with Gasteiger partial charge in [-0.05, 0) is 31.0 Å². The number of hydrogen-bond acceptors (Lipinski definition) is 6. The van der Waals surface area contributed by atoms with Gasteiger partial charge in [0.1, 0.15) is 11.9 Å². The minimum absolute atomic E-state index is 0.000852. The second-order valence-electron chi connectivity index (χ2n) is 8.34. The van der Waals surface area contributed by atoms with Crippen LogP contribution < -0.4 is 0 Å². The maximum Gasteiger partial charge on any atom is 0.490 e. The minimum Gasteiger partial charge on any atom is -0.475 e. The number of carboxylic acid groups (broad SMARTS) is 2. The molecule has 0 radical (unpaired) electrons. The number of ether oxygens (including phenoxy) is 2. The number of carboxylic acids is 2. The third-order valence-electron chi connectivity index (χ3n) is 5.57. The number of carbonyl (C=O) groups is 2. The number of benzene rings is 1. The van der Waals surface area contributed by atoms with E-state index in [4.69, 9.17) is 29.3 Å². The summed E-state index contributed by atoms with van der Waals surface area (Å²) in [4.78, 5) is 24.4. The Balaban J connectivity index is 0.000000317. The Morgan fingerprint density at radius 2 is 1.59 bits per heavy atom. The van der Waals surface area contributed by atoms with Crippen LogP contribution in [0.5, 0.6) is 0 Å². The topological polar surface area (TPSA) is 109 Å². The monoisotopic (exact) mass is 570 g/mol. The molecular weight excluding hydrogens is 545 g/mol. The summed E-state index contributed by atoms with van der Waals surface area (Å²) in [6.45, 7) is 2.61. The third kappa shape index (κ3) is 10.4. The van der Waals surface area contributed by atoms with Crippen molar-refractivity contribution in [3.05, 3.63) is 65.7 Å². The van der Waals surface area contributed by atoms with Crippen LogP contribution >= 0.6 is 0 Å². The average molecular weight is 570 g/mol. The summed E-state index contributed by atoms with van der Waals surface area (Å²) < 4.78 is 89.7. The number of alkyl halides is 6. The molecule has 216 valence electrons. The Morgan fingerprint density at radius 3 is 2.13 bits per heavy atom. The van der Waals surface area contributed by atoms with Crippen LogP contribution in [-0.4, -0.2) is 75.8 Å². The van der Waals surface area contributed by atoms with E-state index in [1.54, 1.807) is 12.3 Å². The summed E-state index contributed by atoms with van der Waals surface area (Å²) >= 11 is 0. The van der Waals surface area contributed by atoms with Gasteiger partial charge in [-0.2, -0.15) is 26.3 Å². The van der Waals surface area contributed by atoms with Crippen LogP contribution in [0.15, 0.2) is 48.7 Å². The Hall–Kier alpha value is -3.30. The lowest BCUT2D eigenvalue weighted by Gasteiger charge is -2.32. The predicted molar refractivity (Wildman–Crippen MR) is 120 cm³/mol. The van der Waals surface area contributed by atoms with Crippen molar-refractivity contribution in [1.29, 1.82) is 0 Å². The lowest BCUT2D eigenvalue weighted by molar-refractivity contribution is -0.193. The maximum atomic E-state index is 14.0. The van der Waals surface area contributed by atoms with E-state index in [1.807, 2.05) is 30.3 Å². The van der Waals surface area contributed by atoms with Crippen LogP contribution in [0.4, 0.5) is 30.7 Å². The normalized spacial score (nSPS) is 21.1. The van der Waals surface area contributed by atoms with E-state index in [0.29, 0.717) is 19.2 Å². The van der Waals surface area contributed by atoms with Gasteiger partial charge >= 0.3 is 24.3 Å². The minimum atomic E-state index is -5.08. The first kappa shape index (κ1) is 31.9. The Bertz CT molecular complexity index is 1040. The summed E-state index contributed by atoms with van der Waals surface area (Å²) in [6, 6.07) is 13.1. The molecule has 0 saturated carbocycles. The van der Waals surface area contributed by atoms with Gasteiger partial charge in [-0.1, -0.05) is 24.3 Å². The van der Waals surface area contributed by atoms with Gasteiger partial charge in [0.25, 0.3) is 0 Å². The van der Waals surface area contributed by atoms with Gasteiger partial charge in [0.2, 0.25) is 0 Å². The quantitative estimate of drug-likeness (QED) is 0.509. The third-order valence-corrected chi connectivity index (χ3v) is 5.57. The van der Waals surface area contributed by atoms with Crippen molar-refractivity contribution in [2.45, 2.75) is 56.6 Å². The molecule has 2 N–H and O–H groups in total. The van der Waals surface area contributed by atoms with E-state index in [0.717, 1.165) is 37.3 Å². The second-order valence-corrected chi connectivity index (χ2v) is 8.34. The molecule has 2 fully saturated rings. The Labute approximate surface area is 218 Å². The van der Waals surface area contributed by atoms with Gasteiger partial charge < -0.3 is 19.7 Å². The maximum absolute atomic E-state index is 14.0. The van der Waals surface area contributed by atoms with Gasteiger partial charge in [0, 0.05) is 37.5 Å². The lowest BCUT2D eigenvalue weighted by atomic mass is 10.0. The van der Waals surface area contributed by atoms with Crippen molar-refractivity contribution < 1.29 is 60.0 Å². The molecule has 2 saturated heterocycles. The molecule has 3 heterocycles. The molecule has 0 amide bonds. The van der Waals surface area contributed by atoms with Gasteiger partial charge in [-0.15, -0.1) is 0 Å². The molecule has 15 heteroatoms. The van der Waals surface area contributed by atoms with Crippen molar-refractivity contribution in [3.8, 4) is 0 Å². The molecule has 2 aliphatic rings. The van der Waals surface area contributed by atoms with Crippen LogP contribution in [0.3, 0.4) is 0 Å². The van der Waals surface area contributed by atoms with Crippen molar-refractivity contribution >= 4 is 11.9 Å². The van der Waals surface area contributed by atoms with Crippen LogP contribution in [0.1, 0.15) is 24.1 Å². The smallest absolute Gasteiger partial charge is 0.475 e. The number of fused-ring (bicyclic) bond motifs is 1. The van der Waals surface area contributed by atoms with Gasteiger partial charge in [-0.25, -0.2) is 14.0 Å². The molecule has 2 aliphatic heterocycles. The van der Waals surface area contributed by atoms with Gasteiger partial charge in [0.15, 0.2) is 0 Å². The fourth-order valence-electron chi connectivity index (χ4n) is 3.85. The first-order valence-electron chi connectivity index (χ1n) is 11.4. The van der Waals surface area contributed by atoms with Crippen LogP contribution in [-0.2, 0) is 32.2 Å². The number of hydrogen-bond donors (Lipinski definition) is 2. The zero-order valence-corrected chi connectivity index (χ0v) is 20.2. The van der Waals surface area contributed by atoms with Crippen molar-refractivity contribution in [2.75, 3.05) is 13.2 Å². The molecule has 0 bridgehead atoms. The molecule has 8 nitrogen and oxygen atoms in total. The van der Waals surface area contributed by atoms with E-state index in [-0.39, 0.29) is 18.0 Å². The summed E-state index contributed by atoms with van der Waals surface area (Å²) in [6.07, 6.45) is -6.22. The van der Waals surface area contributed by atoms with Crippen molar-refractivity contribution in [3.63, 3.8) is 0 Å². The highest BCUT2D eigenvalue weighted by Crippen LogP contribution is 2.32. The number of halogens is 7. The highest BCUT2D eigenvalue weighted by atomic mass is 19.4. The van der Waals surface area contributed by atoms with E-state index >= 15 is 0 Å². The highest BCUT2D eigenvalue weighted by Gasteiger charge is 2.44. The number of aromatic nitrogens is 1. The summed E-state index contributed by atoms with van der Waals surface area (Å²) in [5.74, 6) is -5.66. The zero-order chi connectivity index (χ0) is 29.2. The summed E-state index contributed by atoms with van der Waals surface area (Å²) in [5.41, 5.74) is 1.65. The van der Waals surface area contributed by atoms with Crippen LogP contribution in [0.2, 0.25) is 0 Å². The molecule has 39 heavy (non-hydrogen) atoms. The van der Waals surface area contributed by atoms with Crippen LogP contribution in [0, 0.1) is 5.82 Å². The van der Waals surface area contributed by atoms with E-state index in [9.17, 15) is 30.7 Å². The molecule has 1 aromatic carbocycles. The molecular formula is C24H25F7N2O6. The number of likely N-dealkylation sites (tertiary alicyclic amines) is 1. The molecule has 1 aromatic heterocycles. The van der Waals surface area contributed by atoms with Gasteiger partial charge in [0.05, 0.1) is 18.4 Å². The standard InChI is InChI=1S/C20H23FN2O2.2C2HF3O2/c21-17-8-2-1-6-15(17)12-23-13-19(20-18(23)9-5-11-24-20)25-14-16-7-3-4-10-22-16;2*3-2(4,5)1(6)7/h1-4,6-8,10,18-20H,5,9,11-14H2;2*(H,6,7)/t18-,19+,20+;;/m1../s1. The van der Waals surface area contributed by atoms with Crippen molar-refractivity contribution in [2.24, 2.45) is 0 Å². The molecule has 0 aliphatic carbocycles. The predicted octanol–water partition coefficient (Wildman–Crippen LogP) is 4.44. The van der Waals surface area contributed by atoms with E-state index in [1.165, 1.54) is 6.07 Å². The number of nitrogens with zero attached hydrogens (tertiary/aromatic N) is 2. The molecule has 0 unspecified atom stereocenters. The Morgan fingerprint density at radius 1 is 1.00 bits per heavy atom. The number of aliphatic carboxylic acids is 2. The van der Waals surface area contributed by atoms with Crippen molar-refractivity contribution in [1.82, 2.24) is 9.88 Å². The molecule has 2 aromatic rings. The largest absolute Gasteiger partial charge is 0.490 e. The average Bonchev–Trinajstić information content (AvgIpc) is 3.22. The SMILES string of the molecule is Fc1ccccc1CN1C[C@H](OCc2ccccn2)[C@H]2OCCC[C@H]21.O=C(O)C(F)(F)F.O=C(O)C(F)(F)F. The summed E-state index contributed by atoms with van der Waals surface area (Å²) in [7, 11) is 0. The van der Waals surface area contributed by atoms with Crippen LogP contribution in [0.25, 0.3) is 0 Å². The highest BCUT2D eigenvalue weighted by molar-refractivity contribution is 5.73.